The third kappa shape index (κ3) is 5.81. The van der Waals surface area contributed by atoms with Crippen LogP contribution in [-0.4, -0.2) is 41.1 Å². The van der Waals surface area contributed by atoms with E-state index in [2.05, 4.69) is 15.3 Å². The zero-order chi connectivity index (χ0) is 20.9. The summed E-state index contributed by atoms with van der Waals surface area (Å²) < 4.78 is 10.9. The van der Waals surface area contributed by atoms with Gasteiger partial charge in [-0.3, -0.25) is 4.79 Å². The topological polar surface area (TPSA) is 93.3 Å². The minimum atomic E-state index is -0.505. The molecule has 0 saturated carbocycles. The molecule has 0 aliphatic rings. The molecule has 0 unspecified atom stereocenters. The zero-order valence-electron chi connectivity index (χ0n) is 16.8. The highest BCUT2D eigenvalue weighted by atomic mass is 16.6. The van der Waals surface area contributed by atoms with Gasteiger partial charge in [0.15, 0.2) is 0 Å². The van der Waals surface area contributed by atoms with Crippen LogP contribution in [0.4, 0.5) is 4.79 Å². The Morgan fingerprint density at radius 3 is 2.62 bits per heavy atom. The van der Waals surface area contributed by atoms with E-state index in [0.717, 1.165) is 34.5 Å². The summed E-state index contributed by atoms with van der Waals surface area (Å²) in [6, 6.07) is 12.9. The fourth-order valence-corrected chi connectivity index (χ4v) is 2.70. The second-order valence-corrected chi connectivity index (χ2v) is 7.63. The van der Waals surface area contributed by atoms with Crippen LogP contribution in [0.2, 0.25) is 0 Å². The molecule has 0 aliphatic carbocycles. The van der Waals surface area contributed by atoms with Crippen molar-refractivity contribution < 1.29 is 19.1 Å². The Hall–Kier alpha value is -3.35. The van der Waals surface area contributed by atoms with E-state index in [-0.39, 0.29) is 0 Å². The van der Waals surface area contributed by atoms with Gasteiger partial charge in [-0.05, 0) is 39.3 Å². The number of hydrogen-bond acceptors (Lipinski definition) is 5. The van der Waals surface area contributed by atoms with Crippen LogP contribution in [0.1, 0.15) is 37.6 Å². The maximum atomic E-state index is 11.6. The lowest BCUT2D eigenvalue weighted by atomic mass is 10.1. The first kappa shape index (κ1) is 20.4. The number of carbonyl (C=O) groups is 2. The Morgan fingerprint density at radius 1 is 1.17 bits per heavy atom. The van der Waals surface area contributed by atoms with Gasteiger partial charge < -0.3 is 19.8 Å². The van der Waals surface area contributed by atoms with E-state index < -0.39 is 11.7 Å². The average Bonchev–Trinajstić information content (AvgIpc) is 3.10. The van der Waals surface area contributed by atoms with Crippen molar-refractivity contribution in [1.82, 2.24) is 15.3 Å². The number of benzene rings is 2. The predicted octanol–water partition coefficient (Wildman–Crippen LogP) is 4.34. The van der Waals surface area contributed by atoms with Crippen molar-refractivity contribution in [3.05, 3.63) is 48.0 Å². The standard InChI is InChI=1S/C22H25N3O4/c1-22(2,3)29-21(27)23-11-4-12-28-17-9-10-18-19(13-17)25-20(24-18)16-7-5-15(14-26)6-8-16/h5-10,13-14H,4,11-12H2,1-3H3,(H,23,27)(H,24,25). The van der Waals surface area contributed by atoms with Gasteiger partial charge in [-0.2, -0.15) is 0 Å². The summed E-state index contributed by atoms with van der Waals surface area (Å²) >= 11 is 0. The Bertz CT molecular complexity index is 987. The Morgan fingerprint density at radius 2 is 1.93 bits per heavy atom. The molecule has 0 atom stereocenters. The Balaban J connectivity index is 1.53. The van der Waals surface area contributed by atoms with Crippen LogP contribution in [0.3, 0.4) is 0 Å². The highest BCUT2D eigenvalue weighted by Crippen LogP contribution is 2.24. The van der Waals surface area contributed by atoms with Crippen molar-refractivity contribution in [2.45, 2.75) is 32.8 Å². The van der Waals surface area contributed by atoms with Crippen LogP contribution in [0.25, 0.3) is 22.4 Å². The van der Waals surface area contributed by atoms with Gasteiger partial charge in [0.1, 0.15) is 23.5 Å². The lowest BCUT2D eigenvalue weighted by Crippen LogP contribution is -2.33. The van der Waals surface area contributed by atoms with Crippen LogP contribution in [-0.2, 0) is 4.74 Å². The van der Waals surface area contributed by atoms with Crippen LogP contribution < -0.4 is 10.1 Å². The SMILES string of the molecule is CC(C)(C)OC(=O)NCCCOc1ccc2nc(-c3ccc(C=O)cc3)[nH]c2c1. The van der Waals surface area contributed by atoms with Crippen molar-refractivity contribution in [3.63, 3.8) is 0 Å². The van der Waals surface area contributed by atoms with Crippen molar-refractivity contribution in [2.75, 3.05) is 13.2 Å². The molecule has 1 aromatic heterocycles. The number of H-pyrrole nitrogens is 1. The first-order valence-corrected chi connectivity index (χ1v) is 9.49. The maximum absolute atomic E-state index is 11.6. The summed E-state index contributed by atoms with van der Waals surface area (Å²) in [7, 11) is 0. The molecule has 7 nitrogen and oxygen atoms in total. The lowest BCUT2D eigenvalue weighted by Gasteiger charge is -2.19. The summed E-state index contributed by atoms with van der Waals surface area (Å²) in [6.07, 6.45) is 1.05. The van der Waals surface area contributed by atoms with E-state index in [9.17, 15) is 9.59 Å². The maximum Gasteiger partial charge on any atom is 0.407 e. The van der Waals surface area contributed by atoms with E-state index in [1.54, 1.807) is 12.1 Å². The van der Waals surface area contributed by atoms with Crippen molar-refractivity contribution in [1.29, 1.82) is 0 Å². The third-order valence-electron chi connectivity index (χ3n) is 4.03. The highest BCUT2D eigenvalue weighted by molar-refractivity contribution is 5.81. The molecule has 0 fully saturated rings. The summed E-state index contributed by atoms with van der Waals surface area (Å²) in [5.74, 6) is 1.46. The molecule has 2 aromatic carbocycles. The fourth-order valence-electron chi connectivity index (χ4n) is 2.70. The summed E-state index contributed by atoms with van der Waals surface area (Å²) in [4.78, 5) is 30.2. The summed E-state index contributed by atoms with van der Waals surface area (Å²) in [5, 5.41) is 2.71. The van der Waals surface area contributed by atoms with Crippen LogP contribution in [0.5, 0.6) is 5.75 Å². The molecular weight excluding hydrogens is 370 g/mol. The minimum absolute atomic E-state index is 0.426. The number of nitrogens with zero attached hydrogens (tertiary/aromatic N) is 1. The molecule has 3 rings (SSSR count). The van der Waals surface area contributed by atoms with Gasteiger partial charge in [0.25, 0.3) is 0 Å². The van der Waals surface area contributed by atoms with Gasteiger partial charge in [0, 0.05) is 23.7 Å². The second kappa shape index (κ2) is 8.77. The number of nitrogens with one attached hydrogen (secondary N) is 2. The number of aromatic amines is 1. The fraction of sp³-hybridized carbons (Fsp3) is 0.318. The van der Waals surface area contributed by atoms with E-state index >= 15 is 0 Å². The number of carbonyl (C=O) groups excluding carboxylic acids is 2. The number of ether oxygens (including phenoxy) is 2. The normalized spacial score (nSPS) is 11.3. The molecule has 7 heteroatoms. The number of hydrogen-bond donors (Lipinski definition) is 2. The van der Waals surface area contributed by atoms with Gasteiger partial charge in [0.2, 0.25) is 0 Å². The lowest BCUT2D eigenvalue weighted by molar-refractivity contribution is 0.0525. The summed E-state index contributed by atoms with van der Waals surface area (Å²) in [5.41, 5.74) is 2.72. The van der Waals surface area contributed by atoms with Gasteiger partial charge in [-0.15, -0.1) is 0 Å². The van der Waals surface area contributed by atoms with Crippen molar-refractivity contribution in [3.8, 4) is 17.1 Å². The molecule has 0 radical (unpaired) electrons. The average molecular weight is 395 g/mol. The molecule has 0 aliphatic heterocycles. The monoisotopic (exact) mass is 395 g/mol. The number of imidazole rings is 1. The summed E-state index contributed by atoms with van der Waals surface area (Å²) in [6.45, 7) is 6.42. The molecule has 3 aromatic rings. The third-order valence-corrected chi connectivity index (χ3v) is 4.03. The molecule has 1 amide bonds. The molecular formula is C22H25N3O4. The smallest absolute Gasteiger partial charge is 0.407 e. The quantitative estimate of drug-likeness (QED) is 0.459. The van der Waals surface area contributed by atoms with Crippen LogP contribution in [0, 0.1) is 0 Å². The number of fused-ring (bicyclic) bond motifs is 1. The van der Waals surface area contributed by atoms with Gasteiger partial charge >= 0.3 is 6.09 Å². The predicted molar refractivity (Wildman–Crippen MR) is 111 cm³/mol. The molecule has 1 heterocycles. The first-order valence-electron chi connectivity index (χ1n) is 9.49. The number of aldehydes is 1. The number of rotatable bonds is 7. The number of aromatic nitrogens is 2. The number of amides is 1. The Labute approximate surface area is 169 Å². The number of alkyl carbamates (subject to hydrolysis) is 1. The second-order valence-electron chi connectivity index (χ2n) is 7.63. The van der Waals surface area contributed by atoms with Gasteiger partial charge in [0.05, 0.1) is 17.6 Å². The van der Waals surface area contributed by atoms with Gasteiger partial charge in [-0.1, -0.05) is 24.3 Å². The molecule has 0 spiro atoms. The molecule has 0 bridgehead atoms. The van der Waals surface area contributed by atoms with E-state index in [0.29, 0.717) is 25.1 Å². The highest BCUT2D eigenvalue weighted by Gasteiger charge is 2.15. The molecule has 29 heavy (non-hydrogen) atoms. The zero-order valence-corrected chi connectivity index (χ0v) is 16.8. The Kier molecular flexibility index (Phi) is 6.16. The van der Waals surface area contributed by atoms with Crippen LogP contribution >= 0.6 is 0 Å². The molecule has 0 saturated heterocycles. The van der Waals surface area contributed by atoms with E-state index in [1.807, 2.05) is 51.1 Å². The van der Waals surface area contributed by atoms with Crippen molar-refractivity contribution in [2.24, 2.45) is 0 Å². The van der Waals surface area contributed by atoms with Crippen LogP contribution in [0.15, 0.2) is 42.5 Å². The van der Waals surface area contributed by atoms with E-state index in [1.165, 1.54) is 0 Å². The molecule has 152 valence electrons. The minimum Gasteiger partial charge on any atom is -0.493 e. The van der Waals surface area contributed by atoms with E-state index in [4.69, 9.17) is 9.47 Å². The first-order chi connectivity index (χ1) is 13.8. The largest absolute Gasteiger partial charge is 0.493 e. The van der Waals surface area contributed by atoms with Crippen molar-refractivity contribution >= 4 is 23.4 Å². The molecule has 2 N–H and O–H groups in total. The van der Waals surface area contributed by atoms with Gasteiger partial charge in [-0.25, -0.2) is 9.78 Å².